The largest absolute Gasteiger partial charge is 0.356 e. The summed E-state index contributed by atoms with van der Waals surface area (Å²) in [4.78, 5) is 23.1. The van der Waals surface area contributed by atoms with E-state index in [1.54, 1.807) is 12.3 Å². The maximum atomic E-state index is 13.6. The number of nitrogens with zero attached hydrogens (tertiary/aromatic N) is 6. The molecule has 1 saturated heterocycles. The van der Waals surface area contributed by atoms with Crippen LogP contribution < -0.4 is 4.90 Å². The lowest BCUT2D eigenvalue weighted by molar-refractivity contribution is -0.138. The lowest BCUT2D eigenvalue weighted by Crippen LogP contribution is -2.41. The zero-order chi connectivity index (χ0) is 20.4. The highest BCUT2D eigenvalue weighted by molar-refractivity contribution is 5.82. The van der Waals surface area contributed by atoms with Gasteiger partial charge in [-0.1, -0.05) is 0 Å². The van der Waals surface area contributed by atoms with E-state index < -0.39 is 17.7 Å². The molecule has 1 fully saturated rings. The van der Waals surface area contributed by atoms with E-state index in [2.05, 4.69) is 15.1 Å². The molecule has 148 valence electrons. The first kappa shape index (κ1) is 18.9. The van der Waals surface area contributed by atoms with E-state index in [4.69, 9.17) is 5.26 Å². The van der Waals surface area contributed by atoms with Gasteiger partial charge in [0.2, 0.25) is 5.91 Å². The zero-order valence-electron chi connectivity index (χ0n) is 15.5. The molecule has 29 heavy (non-hydrogen) atoms. The zero-order valence-corrected chi connectivity index (χ0v) is 15.5. The fraction of sp³-hybridized carbons (Fsp3) is 0.350. The quantitative estimate of drug-likeness (QED) is 0.796. The third kappa shape index (κ3) is 3.92. The lowest BCUT2D eigenvalue weighted by atomic mass is 9.94. The van der Waals surface area contributed by atoms with Crippen LogP contribution in [0, 0.1) is 28.9 Å². The van der Waals surface area contributed by atoms with Gasteiger partial charge in [0.1, 0.15) is 35.5 Å². The second kappa shape index (κ2) is 7.91. The van der Waals surface area contributed by atoms with Crippen molar-refractivity contribution in [2.24, 2.45) is 11.0 Å². The van der Waals surface area contributed by atoms with Crippen LogP contribution >= 0.6 is 0 Å². The molecule has 2 aliphatic rings. The number of carbonyl (C=O) groups excluding carboxylic acids is 1. The lowest BCUT2D eigenvalue weighted by Gasteiger charge is -2.34. The Morgan fingerprint density at radius 2 is 1.83 bits per heavy atom. The van der Waals surface area contributed by atoms with E-state index >= 15 is 0 Å². The number of rotatable bonds is 3. The molecule has 1 aromatic heterocycles. The fourth-order valence-corrected chi connectivity index (χ4v) is 3.79. The first-order chi connectivity index (χ1) is 14.0. The van der Waals surface area contributed by atoms with Crippen LogP contribution in [0.1, 0.15) is 36.6 Å². The summed E-state index contributed by atoms with van der Waals surface area (Å²) in [5.41, 5.74) is 0.695. The minimum Gasteiger partial charge on any atom is -0.356 e. The molecule has 0 N–H and O–H groups in total. The van der Waals surface area contributed by atoms with Crippen LogP contribution in [0.2, 0.25) is 0 Å². The summed E-state index contributed by atoms with van der Waals surface area (Å²) < 4.78 is 27.2. The normalized spacial score (nSPS) is 19.4. The first-order valence-electron chi connectivity index (χ1n) is 9.34. The van der Waals surface area contributed by atoms with Gasteiger partial charge in [-0.3, -0.25) is 4.79 Å². The van der Waals surface area contributed by atoms with Crippen molar-refractivity contribution in [1.82, 2.24) is 15.0 Å². The number of hydrazone groups is 1. The highest BCUT2D eigenvalue weighted by atomic mass is 19.1. The minimum atomic E-state index is -0.672. The average Bonchev–Trinajstić information content (AvgIpc) is 3.23. The molecule has 0 unspecified atom stereocenters. The van der Waals surface area contributed by atoms with Crippen LogP contribution in [0.5, 0.6) is 0 Å². The van der Waals surface area contributed by atoms with Gasteiger partial charge in [-0.05, 0) is 30.5 Å². The molecule has 4 rings (SSSR count). The topological polar surface area (TPSA) is 85.5 Å². The van der Waals surface area contributed by atoms with E-state index in [-0.39, 0.29) is 11.8 Å². The molecule has 1 amide bonds. The van der Waals surface area contributed by atoms with Crippen LogP contribution in [0.4, 0.5) is 14.6 Å². The van der Waals surface area contributed by atoms with Crippen molar-refractivity contribution in [1.29, 1.82) is 5.26 Å². The fourth-order valence-electron chi connectivity index (χ4n) is 3.79. The molecular weight excluding hydrogens is 378 g/mol. The van der Waals surface area contributed by atoms with Crippen LogP contribution in [0.15, 0.2) is 35.7 Å². The molecule has 1 atom stereocenters. The summed E-state index contributed by atoms with van der Waals surface area (Å²) in [5, 5.41) is 14.5. The molecule has 0 spiro atoms. The molecule has 3 heterocycles. The van der Waals surface area contributed by atoms with E-state index in [1.165, 1.54) is 23.5 Å². The van der Waals surface area contributed by atoms with Gasteiger partial charge in [0.15, 0.2) is 0 Å². The molecule has 0 bridgehead atoms. The van der Waals surface area contributed by atoms with Crippen molar-refractivity contribution in [3.63, 3.8) is 0 Å². The smallest absolute Gasteiger partial charge is 0.246 e. The second-order valence-corrected chi connectivity index (χ2v) is 7.07. The highest BCUT2D eigenvalue weighted by Crippen LogP contribution is 2.33. The number of aromatic nitrogens is 2. The van der Waals surface area contributed by atoms with E-state index in [0.717, 1.165) is 6.07 Å². The van der Waals surface area contributed by atoms with E-state index in [9.17, 15) is 13.6 Å². The Bertz CT molecular complexity index is 976. The van der Waals surface area contributed by atoms with Gasteiger partial charge in [0, 0.05) is 43.8 Å². The second-order valence-electron chi connectivity index (χ2n) is 7.07. The maximum absolute atomic E-state index is 13.6. The Balaban J connectivity index is 1.43. The van der Waals surface area contributed by atoms with Crippen LogP contribution in [0.25, 0.3) is 0 Å². The SMILES string of the molecule is N#Cc1cc(N2CCC(C(=O)N3N=CC[C@@H]3c3cc(F)cc(F)c3)CC2)ncn1. The predicted molar refractivity (Wildman–Crippen MR) is 101 cm³/mol. The number of anilines is 1. The molecule has 0 aliphatic carbocycles. The standard InChI is InChI=1S/C20H18F2N6O/c21-15-7-14(8-16(22)9-15)18-1-4-26-28(18)20(29)13-2-5-27(6-3-13)19-10-17(11-23)24-12-25-19/h4,7-10,12-13,18H,1-3,5-6H2/t18-/m1/s1. The van der Waals surface area contributed by atoms with Gasteiger partial charge in [0.25, 0.3) is 0 Å². The highest BCUT2D eigenvalue weighted by Gasteiger charge is 2.35. The molecule has 2 aromatic rings. The maximum Gasteiger partial charge on any atom is 0.246 e. The van der Waals surface area contributed by atoms with Gasteiger partial charge in [-0.2, -0.15) is 10.4 Å². The van der Waals surface area contributed by atoms with Crippen LogP contribution in [0.3, 0.4) is 0 Å². The average molecular weight is 396 g/mol. The van der Waals surface area contributed by atoms with Gasteiger partial charge in [0.05, 0.1) is 6.04 Å². The van der Waals surface area contributed by atoms with Crippen LogP contribution in [-0.4, -0.2) is 40.2 Å². The van der Waals surface area contributed by atoms with Gasteiger partial charge in [-0.25, -0.2) is 23.8 Å². The molecule has 1 aromatic carbocycles. The van der Waals surface area contributed by atoms with Crippen molar-refractivity contribution < 1.29 is 13.6 Å². The monoisotopic (exact) mass is 396 g/mol. The molecule has 0 saturated carbocycles. The molecular formula is C20H18F2N6O. The summed E-state index contributed by atoms with van der Waals surface area (Å²) in [5.74, 6) is -1.06. The van der Waals surface area contributed by atoms with E-state index in [1.807, 2.05) is 11.0 Å². The summed E-state index contributed by atoms with van der Waals surface area (Å²) in [6, 6.07) is 6.42. The summed E-state index contributed by atoms with van der Waals surface area (Å²) >= 11 is 0. The summed E-state index contributed by atoms with van der Waals surface area (Å²) in [6.07, 6.45) is 4.57. The number of benzene rings is 1. The van der Waals surface area contributed by atoms with Crippen molar-refractivity contribution in [2.45, 2.75) is 25.3 Å². The van der Waals surface area contributed by atoms with Crippen molar-refractivity contribution in [3.8, 4) is 6.07 Å². The summed E-state index contributed by atoms with van der Waals surface area (Å²) in [7, 11) is 0. The number of carbonyl (C=O) groups is 1. The van der Waals surface area contributed by atoms with Crippen LogP contribution in [-0.2, 0) is 4.79 Å². The molecule has 9 heteroatoms. The summed E-state index contributed by atoms with van der Waals surface area (Å²) in [6.45, 7) is 1.21. The molecule has 7 nitrogen and oxygen atoms in total. The van der Waals surface area contributed by atoms with Crippen molar-refractivity contribution >= 4 is 17.9 Å². The Labute approximate surface area is 166 Å². The third-order valence-electron chi connectivity index (χ3n) is 5.26. The minimum absolute atomic E-state index is 0.145. The Kier molecular flexibility index (Phi) is 5.16. The number of nitriles is 1. The van der Waals surface area contributed by atoms with Crippen molar-refractivity contribution in [2.75, 3.05) is 18.0 Å². The number of halogens is 2. The predicted octanol–water partition coefficient (Wildman–Crippen LogP) is 2.80. The first-order valence-corrected chi connectivity index (χ1v) is 9.34. The number of amides is 1. The Morgan fingerprint density at radius 1 is 1.10 bits per heavy atom. The van der Waals surface area contributed by atoms with Gasteiger partial charge < -0.3 is 4.90 Å². The number of hydrogen-bond donors (Lipinski definition) is 0. The Hall–Kier alpha value is -3.41. The molecule has 2 aliphatic heterocycles. The third-order valence-corrected chi connectivity index (χ3v) is 5.26. The van der Waals surface area contributed by atoms with Gasteiger partial charge >= 0.3 is 0 Å². The van der Waals surface area contributed by atoms with E-state index in [0.29, 0.717) is 49.4 Å². The van der Waals surface area contributed by atoms with Crippen molar-refractivity contribution in [3.05, 3.63) is 53.5 Å². The van der Waals surface area contributed by atoms with Gasteiger partial charge in [-0.15, -0.1) is 0 Å². The number of piperidine rings is 1. The number of hydrogen-bond acceptors (Lipinski definition) is 6. The Morgan fingerprint density at radius 3 is 2.52 bits per heavy atom. The molecule has 0 radical (unpaired) electrons.